The first kappa shape index (κ1) is 22.3. The van der Waals surface area contributed by atoms with Gasteiger partial charge in [-0.3, -0.25) is 4.79 Å². The number of nitrogens with one attached hydrogen (secondary N) is 1. The van der Waals surface area contributed by atoms with Crippen LogP contribution in [0.2, 0.25) is 0 Å². The number of amides is 1. The van der Waals surface area contributed by atoms with Crippen LogP contribution in [0.4, 0.5) is 18.9 Å². The number of nitriles is 1. The van der Waals surface area contributed by atoms with Crippen LogP contribution in [0.25, 0.3) is 5.69 Å². The van der Waals surface area contributed by atoms with E-state index in [-0.39, 0.29) is 12.3 Å². The molecule has 0 radical (unpaired) electrons. The highest BCUT2D eigenvalue weighted by Gasteiger charge is 2.41. The predicted molar refractivity (Wildman–Crippen MR) is 104 cm³/mol. The minimum Gasteiger partial charge on any atom is -0.462 e. The van der Waals surface area contributed by atoms with Gasteiger partial charge in [0, 0.05) is 5.69 Å². The Hall–Kier alpha value is -3.35. The van der Waals surface area contributed by atoms with Gasteiger partial charge in [0.1, 0.15) is 11.0 Å². The van der Waals surface area contributed by atoms with Crippen LogP contribution in [-0.2, 0) is 15.7 Å². The molecular formula is C21H21F3N4O3. The average molecular weight is 434 g/mol. The Morgan fingerprint density at radius 3 is 2.42 bits per heavy atom. The molecule has 0 saturated heterocycles. The number of alkyl halides is 3. The van der Waals surface area contributed by atoms with Gasteiger partial charge in [-0.25, -0.2) is 9.48 Å². The van der Waals surface area contributed by atoms with Gasteiger partial charge < -0.3 is 10.1 Å². The molecule has 1 aromatic carbocycles. The Kier molecular flexibility index (Phi) is 6.34. The number of carbonyl (C=O) groups excluding carboxylic acids is 2. The van der Waals surface area contributed by atoms with Gasteiger partial charge in [-0.15, -0.1) is 0 Å². The third-order valence-corrected chi connectivity index (χ3v) is 5.26. The van der Waals surface area contributed by atoms with Crippen LogP contribution < -0.4 is 5.32 Å². The van der Waals surface area contributed by atoms with Crippen LogP contribution in [0.3, 0.4) is 0 Å². The van der Waals surface area contributed by atoms with Crippen LogP contribution in [0.1, 0.15) is 55.1 Å². The van der Waals surface area contributed by atoms with E-state index in [2.05, 4.69) is 21.2 Å². The summed E-state index contributed by atoms with van der Waals surface area (Å²) in [6.07, 6.45) is -0.504. The maximum Gasteiger partial charge on any atom is 0.434 e. The summed E-state index contributed by atoms with van der Waals surface area (Å²) >= 11 is 0. The maximum absolute atomic E-state index is 13.6. The van der Waals surface area contributed by atoms with Gasteiger partial charge >= 0.3 is 12.1 Å². The molecule has 1 heterocycles. The molecule has 2 aromatic rings. The van der Waals surface area contributed by atoms with Gasteiger partial charge in [-0.1, -0.05) is 19.3 Å². The van der Waals surface area contributed by atoms with Crippen LogP contribution in [0.5, 0.6) is 0 Å². The molecule has 3 rings (SSSR count). The maximum atomic E-state index is 13.6. The highest BCUT2D eigenvalue weighted by Crippen LogP contribution is 2.37. The number of hydrogen-bond acceptors (Lipinski definition) is 5. The number of hydrogen-bond donors (Lipinski definition) is 1. The van der Waals surface area contributed by atoms with Gasteiger partial charge in [0.2, 0.25) is 5.91 Å². The number of halogens is 3. The molecule has 1 aliphatic carbocycles. The van der Waals surface area contributed by atoms with Crippen LogP contribution in [0, 0.1) is 16.7 Å². The van der Waals surface area contributed by atoms with Crippen molar-refractivity contribution in [3.63, 3.8) is 0 Å². The zero-order valence-electron chi connectivity index (χ0n) is 16.8. The smallest absolute Gasteiger partial charge is 0.434 e. The summed E-state index contributed by atoms with van der Waals surface area (Å²) < 4.78 is 46.1. The van der Waals surface area contributed by atoms with E-state index in [1.807, 2.05) is 0 Å². The van der Waals surface area contributed by atoms with Gasteiger partial charge in [-0.05, 0) is 44.0 Å². The summed E-state index contributed by atoms with van der Waals surface area (Å²) in [4.78, 5) is 24.5. The monoisotopic (exact) mass is 434 g/mol. The molecule has 0 atom stereocenters. The van der Waals surface area contributed by atoms with Crippen molar-refractivity contribution >= 4 is 17.6 Å². The molecule has 0 spiro atoms. The number of ether oxygens (including phenoxy) is 1. The highest BCUT2D eigenvalue weighted by atomic mass is 19.4. The van der Waals surface area contributed by atoms with Crippen LogP contribution in [-0.4, -0.2) is 28.3 Å². The summed E-state index contributed by atoms with van der Waals surface area (Å²) in [5.74, 6) is -1.53. The molecular weight excluding hydrogens is 413 g/mol. The van der Waals surface area contributed by atoms with E-state index in [1.54, 1.807) is 0 Å². The number of anilines is 1. The number of benzene rings is 1. The van der Waals surface area contributed by atoms with Crippen molar-refractivity contribution in [2.24, 2.45) is 5.41 Å². The lowest BCUT2D eigenvalue weighted by Crippen LogP contribution is -2.36. The number of rotatable bonds is 5. The van der Waals surface area contributed by atoms with Crippen molar-refractivity contribution < 1.29 is 27.5 Å². The quantitative estimate of drug-likeness (QED) is 0.700. The Morgan fingerprint density at radius 1 is 1.23 bits per heavy atom. The van der Waals surface area contributed by atoms with E-state index in [0.717, 1.165) is 25.5 Å². The van der Waals surface area contributed by atoms with Crippen LogP contribution in [0.15, 0.2) is 30.5 Å². The SMILES string of the molecule is CCOC(=O)c1cnn(-c2ccc(NC(=O)C3(C#N)CCCCC3)cc2)c1C(F)(F)F. The molecule has 0 bridgehead atoms. The van der Waals surface area contributed by atoms with Gasteiger partial charge in [0.25, 0.3) is 0 Å². The summed E-state index contributed by atoms with van der Waals surface area (Å²) in [5.41, 5.74) is -2.61. The Morgan fingerprint density at radius 2 is 1.87 bits per heavy atom. The van der Waals surface area contributed by atoms with E-state index in [1.165, 1.54) is 31.2 Å². The number of carbonyl (C=O) groups is 2. The number of nitrogens with zero attached hydrogens (tertiary/aromatic N) is 3. The number of aromatic nitrogens is 2. The van der Waals surface area contributed by atoms with E-state index in [9.17, 15) is 28.0 Å². The fourth-order valence-electron chi connectivity index (χ4n) is 3.66. The highest BCUT2D eigenvalue weighted by molar-refractivity contribution is 5.97. The molecule has 0 unspecified atom stereocenters. The molecule has 31 heavy (non-hydrogen) atoms. The lowest BCUT2D eigenvalue weighted by Gasteiger charge is -2.29. The third kappa shape index (κ3) is 4.55. The van der Waals surface area contributed by atoms with Crippen molar-refractivity contribution in [3.8, 4) is 11.8 Å². The molecule has 0 aliphatic heterocycles. The molecule has 1 amide bonds. The van der Waals surface area contributed by atoms with Crippen molar-refractivity contribution in [1.29, 1.82) is 5.26 Å². The largest absolute Gasteiger partial charge is 0.462 e. The lowest BCUT2D eigenvalue weighted by molar-refractivity contribution is -0.143. The van der Waals surface area contributed by atoms with E-state index in [4.69, 9.17) is 0 Å². The zero-order valence-corrected chi connectivity index (χ0v) is 16.8. The molecule has 164 valence electrons. The number of esters is 1. The van der Waals surface area contributed by atoms with Crippen LogP contribution >= 0.6 is 0 Å². The van der Waals surface area contributed by atoms with E-state index >= 15 is 0 Å². The minimum atomic E-state index is -4.84. The standard InChI is InChI=1S/C21H21F3N4O3/c1-2-31-18(29)16-12-26-28(17(16)21(22,23)24)15-8-6-14(7-9-15)27-19(30)20(13-25)10-4-3-5-11-20/h6-9,12H,2-5,10-11H2,1H3,(H,27,30). The molecule has 1 saturated carbocycles. The second-order valence-electron chi connectivity index (χ2n) is 7.29. The minimum absolute atomic E-state index is 0.0496. The molecule has 1 aromatic heterocycles. The normalized spacial score (nSPS) is 15.7. The Balaban J connectivity index is 1.86. The van der Waals surface area contributed by atoms with Gasteiger partial charge in [-0.2, -0.15) is 23.5 Å². The fraction of sp³-hybridized carbons (Fsp3) is 0.429. The lowest BCUT2D eigenvalue weighted by atomic mass is 9.74. The predicted octanol–water partition coefficient (Wildman–Crippen LogP) is 4.48. The summed E-state index contributed by atoms with van der Waals surface area (Å²) in [5, 5.41) is 15.9. The third-order valence-electron chi connectivity index (χ3n) is 5.26. The van der Waals surface area contributed by atoms with E-state index < -0.39 is 34.7 Å². The zero-order chi connectivity index (χ0) is 22.6. The van der Waals surface area contributed by atoms with Crippen molar-refractivity contribution in [3.05, 3.63) is 41.7 Å². The summed E-state index contributed by atoms with van der Waals surface area (Å²) in [7, 11) is 0. The fourth-order valence-corrected chi connectivity index (χ4v) is 3.66. The second-order valence-corrected chi connectivity index (χ2v) is 7.29. The molecule has 7 nitrogen and oxygen atoms in total. The molecule has 10 heteroatoms. The first-order valence-corrected chi connectivity index (χ1v) is 9.87. The van der Waals surface area contributed by atoms with Crippen molar-refractivity contribution in [2.75, 3.05) is 11.9 Å². The van der Waals surface area contributed by atoms with E-state index in [0.29, 0.717) is 23.2 Å². The summed E-state index contributed by atoms with van der Waals surface area (Å²) in [6.45, 7) is 1.42. The van der Waals surface area contributed by atoms with Crippen molar-refractivity contribution in [2.45, 2.75) is 45.2 Å². The topological polar surface area (TPSA) is 97.0 Å². The van der Waals surface area contributed by atoms with Gasteiger partial charge in [0.05, 0.1) is 24.6 Å². The summed E-state index contributed by atoms with van der Waals surface area (Å²) in [6, 6.07) is 7.65. The molecule has 1 fully saturated rings. The second kappa shape index (κ2) is 8.79. The first-order chi connectivity index (χ1) is 14.7. The average Bonchev–Trinajstić information content (AvgIpc) is 3.21. The molecule has 1 aliphatic rings. The Labute approximate surface area is 176 Å². The Bertz CT molecular complexity index is 1000. The first-order valence-electron chi connectivity index (χ1n) is 9.87. The molecule has 1 N–H and O–H groups in total. The van der Waals surface area contributed by atoms with Gasteiger partial charge in [0.15, 0.2) is 5.69 Å². The van der Waals surface area contributed by atoms with Crippen molar-refractivity contribution in [1.82, 2.24) is 9.78 Å².